The van der Waals surface area contributed by atoms with Crippen LogP contribution in [0.5, 0.6) is 0 Å². The third kappa shape index (κ3) is 5.00. The van der Waals surface area contributed by atoms with Crippen LogP contribution in [0.3, 0.4) is 0 Å². The minimum absolute atomic E-state index is 1.06. The van der Waals surface area contributed by atoms with Gasteiger partial charge in [-0.3, -0.25) is 4.98 Å². The van der Waals surface area contributed by atoms with Crippen LogP contribution >= 0.6 is 11.3 Å². The number of anilines is 3. The molecule has 6 aromatic carbocycles. The third-order valence-corrected chi connectivity index (χ3v) is 10.6. The molecular weight excluding hydrogens is 601 g/mol. The molecule has 0 aliphatic heterocycles. The van der Waals surface area contributed by atoms with Gasteiger partial charge in [-0.15, -0.1) is 11.3 Å². The highest BCUT2D eigenvalue weighted by Crippen LogP contribution is 2.48. The lowest BCUT2D eigenvalue weighted by molar-refractivity contribution is 0.995. The number of aromatic nitrogens is 1. The molecule has 2 heterocycles. The first-order valence-electron chi connectivity index (χ1n) is 16.5. The first-order valence-corrected chi connectivity index (χ1v) is 17.3. The van der Waals surface area contributed by atoms with E-state index in [4.69, 9.17) is 4.98 Å². The van der Waals surface area contributed by atoms with Crippen LogP contribution in [0.25, 0.3) is 59.8 Å². The molecule has 1 aliphatic rings. The number of allylic oxidation sites excluding steroid dienone is 1. The quantitative estimate of drug-likeness (QED) is 0.181. The van der Waals surface area contributed by atoms with Gasteiger partial charge in [0.05, 0.1) is 21.6 Å². The summed E-state index contributed by atoms with van der Waals surface area (Å²) in [5.41, 5.74) is 14.4. The summed E-state index contributed by atoms with van der Waals surface area (Å²) in [5.74, 6) is 0. The number of thiophene rings is 1. The summed E-state index contributed by atoms with van der Waals surface area (Å²) in [5, 5.41) is 1.21. The molecule has 0 amide bonds. The zero-order valence-electron chi connectivity index (χ0n) is 26.4. The topological polar surface area (TPSA) is 16.1 Å². The standard InChI is InChI=1S/C45H32N2S/c1-3-12-31(13-4-1)32-22-24-33(25-23-32)34-26-28-37(29-27-34)47(40-19-10-9-17-38(40)35-14-5-2-6-15-35)41-20-11-21-42-43(41)44-45(48-42)39-18-8-7-16-36(39)30-46-44/h1-7,9-17,19-30H,8,18H2. The maximum Gasteiger partial charge on any atom is 0.0912 e. The largest absolute Gasteiger partial charge is 0.309 e. The van der Waals surface area contributed by atoms with Gasteiger partial charge in [-0.2, -0.15) is 0 Å². The van der Waals surface area contributed by atoms with Gasteiger partial charge in [0.25, 0.3) is 0 Å². The van der Waals surface area contributed by atoms with E-state index in [9.17, 15) is 0 Å². The van der Waals surface area contributed by atoms with Gasteiger partial charge in [-0.25, -0.2) is 0 Å². The Morgan fingerprint density at radius 3 is 1.88 bits per heavy atom. The summed E-state index contributed by atoms with van der Waals surface area (Å²) in [6.07, 6.45) is 8.69. The molecule has 2 nitrogen and oxygen atoms in total. The van der Waals surface area contributed by atoms with E-state index in [1.807, 2.05) is 11.3 Å². The van der Waals surface area contributed by atoms with Gasteiger partial charge in [-0.1, -0.05) is 133 Å². The Kier molecular flexibility index (Phi) is 7.18. The molecule has 228 valence electrons. The molecule has 0 saturated carbocycles. The summed E-state index contributed by atoms with van der Waals surface area (Å²) in [7, 11) is 0. The average Bonchev–Trinajstić information content (AvgIpc) is 3.56. The van der Waals surface area contributed by atoms with E-state index in [0.717, 1.165) is 35.4 Å². The highest BCUT2D eigenvalue weighted by atomic mass is 32.1. The fraction of sp³-hybridized carbons (Fsp3) is 0.0444. The van der Waals surface area contributed by atoms with E-state index in [1.165, 1.54) is 59.3 Å². The fourth-order valence-electron chi connectivity index (χ4n) is 7.04. The molecule has 1 aliphatic carbocycles. The lowest BCUT2D eigenvalue weighted by Gasteiger charge is -2.29. The van der Waals surface area contributed by atoms with Crippen LogP contribution < -0.4 is 4.90 Å². The van der Waals surface area contributed by atoms with Crippen LogP contribution in [0.1, 0.15) is 17.5 Å². The Balaban J connectivity index is 1.21. The Labute approximate surface area is 284 Å². The third-order valence-electron chi connectivity index (χ3n) is 9.40. The highest BCUT2D eigenvalue weighted by Gasteiger charge is 2.23. The molecule has 0 bridgehead atoms. The zero-order chi connectivity index (χ0) is 31.9. The maximum atomic E-state index is 5.11. The van der Waals surface area contributed by atoms with Gasteiger partial charge in [0, 0.05) is 27.5 Å². The lowest BCUT2D eigenvalue weighted by Crippen LogP contribution is -2.11. The van der Waals surface area contributed by atoms with Gasteiger partial charge in [0.2, 0.25) is 0 Å². The minimum atomic E-state index is 1.06. The van der Waals surface area contributed by atoms with E-state index in [0.29, 0.717) is 0 Å². The monoisotopic (exact) mass is 632 g/mol. The molecule has 8 aromatic rings. The molecule has 0 N–H and O–H groups in total. The zero-order valence-corrected chi connectivity index (χ0v) is 27.2. The number of pyridine rings is 1. The van der Waals surface area contributed by atoms with E-state index < -0.39 is 0 Å². The lowest BCUT2D eigenvalue weighted by atomic mass is 9.98. The van der Waals surface area contributed by atoms with Crippen molar-refractivity contribution in [3.63, 3.8) is 0 Å². The molecule has 9 rings (SSSR count). The number of aryl methyl sites for hydroxylation is 1. The Morgan fingerprint density at radius 2 is 1.15 bits per heavy atom. The number of para-hydroxylation sites is 1. The predicted molar refractivity (Wildman–Crippen MR) is 205 cm³/mol. The van der Waals surface area contributed by atoms with Crippen molar-refractivity contribution in [3.05, 3.63) is 175 Å². The van der Waals surface area contributed by atoms with Crippen molar-refractivity contribution in [2.45, 2.75) is 12.8 Å². The smallest absolute Gasteiger partial charge is 0.0912 e. The Hall–Kier alpha value is -5.77. The molecule has 0 atom stereocenters. The van der Waals surface area contributed by atoms with Crippen LogP contribution in [0.15, 0.2) is 164 Å². The molecule has 48 heavy (non-hydrogen) atoms. The summed E-state index contributed by atoms with van der Waals surface area (Å²) < 4.78 is 2.57. The first kappa shape index (κ1) is 28.5. The maximum absolute atomic E-state index is 5.11. The highest BCUT2D eigenvalue weighted by molar-refractivity contribution is 7.26. The molecule has 0 fully saturated rings. The molecule has 3 heteroatoms. The van der Waals surface area contributed by atoms with E-state index in [2.05, 4.69) is 175 Å². The Morgan fingerprint density at radius 1 is 0.542 bits per heavy atom. The predicted octanol–water partition coefficient (Wildman–Crippen LogP) is 12.9. The van der Waals surface area contributed by atoms with Crippen molar-refractivity contribution in [1.82, 2.24) is 4.98 Å². The SMILES string of the molecule is C1=Cc2cnc3c(sc4cccc(N(c5ccc(-c6ccc(-c7ccccc7)cc6)cc5)c5ccccc5-c5ccccc5)c43)c2CC1. The van der Waals surface area contributed by atoms with Crippen LogP contribution in [-0.2, 0) is 6.42 Å². The van der Waals surface area contributed by atoms with Crippen molar-refractivity contribution in [2.24, 2.45) is 0 Å². The summed E-state index contributed by atoms with van der Waals surface area (Å²) >= 11 is 1.87. The summed E-state index contributed by atoms with van der Waals surface area (Å²) in [6.45, 7) is 0. The van der Waals surface area contributed by atoms with E-state index in [1.54, 1.807) is 0 Å². The van der Waals surface area contributed by atoms with Crippen molar-refractivity contribution in [2.75, 3.05) is 4.90 Å². The normalized spacial score (nSPS) is 12.3. The number of fused-ring (bicyclic) bond motifs is 5. The van der Waals surface area contributed by atoms with Gasteiger partial charge in [0.1, 0.15) is 0 Å². The second kappa shape index (κ2) is 12.1. The van der Waals surface area contributed by atoms with Crippen LogP contribution in [0.4, 0.5) is 17.1 Å². The van der Waals surface area contributed by atoms with Gasteiger partial charge < -0.3 is 4.90 Å². The van der Waals surface area contributed by atoms with Crippen LogP contribution in [0.2, 0.25) is 0 Å². The van der Waals surface area contributed by atoms with Crippen molar-refractivity contribution < 1.29 is 0 Å². The number of benzene rings is 6. The molecule has 0 radical (unpaired) electrons. The number of hydrogen-bond donors (Lipinski definition) is 0. The summed E-state index contributed by atoms with van der Waals surface area (Å²) in [4.78, 5) is 7.54. The van der Waals surface area contributed by atoms with E-state index >= 15 is 0 Å². The Bertz CT molecular complexity index is 2420. The van der Waals surface area contributed by atoms with Crippen molar-refractivity contribution in [3.8, 4) is 33.4 Å². The first-order chi connectivity index (χ1) is 23.8. The van der Waals surface area contributed by atoms with Gasteiger partial charge in [-0.05, 0) is 82.1 Å². The summed E-state index contributed by atoms with van der Waals surface area (Å²) in [6, 6.07) is 54.6. The molecule has 0 spiro atoms. The van der Waals surface area contributed by atoms with Crippen LogP contribution in [0, 0.1) is 0 Å². The number of rotatable bonds is 6. The second-order valence-electron chi connectivity index (χ2n) is 12.3. The molecule has 0 unspecified atom stereocenters. The second-order valence-corrected chi connectivity index (χ2v) is 13.3. The van der Waals surface area contributed by atoms with Gasteiger partial charge in [0.15, 0.2) is 0 Å². The molecule has 2 aromatic heterocycles. The molecule has 0 saturated heterocycles. The number of nitrogens with zero attached hydrogens (tertiary/aromatic N) is 2. The van der Waals surface area contributed by atoms with Gasteiger partial charge >= 0.3 is 0 Å². The van der Waals surface area contributed by atoms with Crippen molar-refractivity contribution in [1.29, 1.82) is 0 Å². The average molecular weight is 633 g/mol. The van der Waals surface area contributed by atoms with Crippen molar-refractivity contribution >= 4 is 54.8 Å². The fourth-order valence-corrected chi connectivity index (χ4v) is 8.30. The van der Waals surface area contributed by atoms with E-state index in [-0.39, 0.29) is 0 Å². The minimum Gasteiger partial charge on any atom is -0.309 e. The molecular formula is C45H32N2S. The van der Waals surface area contributed by atoms with Crippen LogP contribution in [-0.4, -0.2) is 4.98 Å². The number of hydrogen-bond acceptors (Lipinski definition) is 3.